The van der Waals surface area contributed by atoms with Crippen LogP contribution in [0.5, 0.6) is 0 Å². The normalized spacial score (nSPS) is 10.5. The molecule has 0 saturated heterocycles. The first-order valence-corrected chi connectivity index (χ1v) is 6.07. The summed E-state index contributed by atoms with van der Waals surface area (Å²) in [6.45, 7) is 0.680. The molecule has 4 heteroatoms. The highest BCUT2D eigenvalue weighted by molar-refractivity contribution is 5.66. The van der Waals surface area contributed by atoms with Crippen LogP contribution in [0.4, 0.5) is 20.2 Å². The lowest BCUT2D eigenvalue weighted by Gasteiger charge is -2.21. The van der Waals surface area contributed by atoms with Crippen molar-refractivity contribution in [2.24, 2.45) is 0 Å². The first-order chi connectivity index (χ1) is 9.08. The number of nitrogens with zero attached hydrogens (tertiary/aromatic N) is 1. The number of para-hydroxylation sites is 2. The molecule has 0 aliphatic rings. The Kier molecular flexibility index (Phi) is 4.00. The molecule has 2 rings (SSSR count). The van der Waals surface area contributed by atoms with Gasteiger partial charge in [-0.15, -0.1) is 0 Å². The van der Waals surface area contributed by atoms with Crippen LogP contribution in [0.1, 0.15) is 5.56 Å². The molecule has 0 aliphatic carbocycles. The molecule has 2 nitrogen and oxygen atoms in total. The highest BCUT2D eigenvalue weighted by Crippen LogP contribution is 2.21. The second kappa shape index (κ2) is 5.69. The predicted octanol–water partition coefficient (Wildman–Crippen LogP) is 3.23. The maximum Gasteiger partial charge on any atom is 0.159 e. The molecule has 0 spiro atoms. The van der Waals surface area contributed by atoms with Crippen molar-refractivity contribution in [2.75, 3.05) is 24.2 Å². The lowest BCUT2D eigenvalue weighted by atomic mass is 10.1. The number of nitrogen functional groups attached to an aromatic ring is 1. The van der Waals surface area contributed by atoms with Gasteiger partial charge in [0.25, 0.3) is 0 Å². The summed E-state index contributed by atoms with van der Waals surface area (Å²) in [5.41, 5.74) is 8.29. The molecule has 100 valence electrons. The minimum Gasteiger partial charge on any atom is -0.397 e. The molecular formula is C15H16F2N2. The van der Waals surface area contributed by atoms with Gasteiger partial charge in [-0.2, -0.15) is 0 Å². The first kappa shape index (κ1) is 13.3. The molecule has 0 atom stereocenters. The molecule has 0 bridgehead atoms. The van der Waals surface area contributed by atoms with Crippen LogP contribution in [-0.4, -0.2) is 13.6 Å². The fraction of sp³-hybridized carbons (Fsp3) is 0.200. The number of anilines is 2. The van der Waals surface area contributed by atoms with E-state index in [4.69, 9.17) is 5.73 Å². The van der Waals surface area contributed by atoms with Crippen LogP contribution in [-0.2, 0) is 6.42 Å². The molecular weight excluding hydrogens is 246 g/mol. The van der Waals surface area contributed by atoms with Crippen molar-refractivity contribution in [1.82, 2.24) is 0 Å². The van der Waals surface area contributed by atoms with Crippen LogP contribution in [0.25, 0.3) is 0 Å². The number of likely N-dealkylation sites (N-methyl/N-ethyl adjacent to an activating group) is 1. The highest BCUT2D eigenvalue weighted by Gasteiger charge is 2.06. The van der Waals surface area contributed by atoms with Crippen molar-refractivity contribution in [3.63, 3.8) is 0 Å². The van der Waals surface area contributed by atoms with E-state index in [0.29, 0.717) is 18.7 Å². The van der Waals surface area contributed by atoms with Gasteiger partial charge in [-0.25, -0.2) is 8.78 Å². The van der Waals surface area contributed by atoms with Gasteiger partial charge in [0.15, 0.2) is 11.6 Å². The van der Waals surface area contributed by atoms with Crippen molar-refractivity contribution < 1.29 is 8.78 Å². The summed E-state index contributed by atoms with van der Waals surface area (Å²) in [6.07, 6.45) is 0.627. The van der Waals surface area contributed by atoms with Gasteiger partial charge in [-0.3, -0.25) is 0 Å². The summed E-state index contributed by atoms with van der Waals surface area (Å²) in [5, 5.41) is 0. The van der Waals surface area contributed by atoms with Crippen molar-refractivity contribution in [2.45, 2.75) is 6.42 Å². The zero-order valence-electron chi connectivity index (χ0n) is 10.7. The lowest BCUT2D eigenvalue weighted by Crippen LogP contribution is -2.21. The van der Waals surface area contributed by atoms with Crippen molar-refractivity contribution in [3.8, 4) is 0 Å². The van der Waals surface area contributed by atoms with Crippen LogP contribution in [0, 0.1) is 11.6 Å². The summed E-state index contributed by atoms with van der Waals surface area (Å²) in [4.78, 5) is 2.00. The first-order valence-electron chi connectivity index (χ1n) is 6.07. The third kappa shape index (κ3) is 3.22. The van der Waals surface area contributed by atoms with Crippen LogP contribution < -0.4 is 10.6 Å². The Balaban J connectivity index is 2.02. The molecule has 0 amide bonds. The molecule has 0 radical (unpaired) electrons. The average molecular weight is 262 g/mol. The minimum absolute atomic E-state index is 0.627. The van der Waals surface area contributed by atoms with E-state index in [0.717, 1.165) is 17.3 Å². The maximum absolute atomic E-state index is 13.1. The van der Waals surface area contributed by atoms with Gasteiger partial charge >= 0.3 is 0 Å². The van der Waals surface area contributed by atoms with E-state index in [9.17, 15) is 8.78 Å². The van der Waals surface area contributed by atoms with Crippen LogP contribution in [0.2, 0.25) is 0 Å². The predicted molar refractivity (Wildman–Crippen MR) is 74.2 cm³/mol. The van der Waals surface area contributed by atoms with E-state index in [1.807, 2.05) is 36.2 Å². The summed E-state index contributed by atoms with van der Waals surface area (Å²) in [7, 11) is 1.92. The SMILES string of the molecule is CN(CCc1ccc(F)c(F)c1)c1ccccc1N. The van der Waals surface area contributed by atoms with Gasteiger partial charge in [0.2, 0.25) is 0 Å². The standard InChI is InChI=1S/C15H16F2N2/c1-19(15-5-3-2-4-14(15)18)9-8-11-6-7-12(16)13(17)10-11/h2-7,10H,8-9,18H2,1H3. The molecule has 0 fully saturated rings. The third-order valence-electron chi connectivity index (χ3n) is 3.07. The van der Waals surface area contributed by atoms with Crippen LogP contribution in [0.3, 0.4) is 0 Å². The second-order valence-electron chi connectivity index (χ2n) is 4.48. The van der Waals surface area contributed by atoms with Gasteiger partial charge in [0.05, 0.1) is 11.4 Å². The third-order valence-corrected chi connectivity index (χ3v) is 3.07. The second-order valence-corrected chi connectivity index (χ2v) is 4.48. The number of hydrogen-bond acceptors (Lipinski definition) is 2. The molecule has 0 aliphatic heterocycles. The number of hydrogen-bond donors (Lipinski definition) is 1. The molecule has 19 heavy (non-hydrogen) atoms. The zero-order valence-corrected chi connectivity index (χ0v) is 10.7. The Bertz CT molecular complexity index is 570. The molecule has 2 N–H and O–H groups in total. The Morgan fingerprint density at radius 1 is 1.05 bits per heavy atom. The van der Waals surface area contributed by atoms with Gasteiger partial charge < -0.3 is 10.6 Å². The number of nitrogens with two attached hydrogens (primary N) is 1. The van der Waals surface area contributed by atoms with E-state index in [1.165, 1.54) is 6.07 Å². The molecule has 0 heterocycles. The van der Waals surface area contributed by atoms with Crippen molar-refractivity contribution >= 4 is 11.4 Å². The van der Waals surface area contributed by atoms with E-state index < -0.39 is 11.6 Å². The van der Waals surface area contributed by atoms with Crippen molar-refractivity contribution in [3.05, 3.63) is 59.7 Å². The highest BCUT2D eigenvalue weighted by atomic mass is 19.2. The van der Waals surface area contributed by atoms with Gasteiger partial charge in [-0.05, 0) is 36.2 Å². The summed E-state index contributed by atoms with van der Waals surface area (Å²) < 4.78 is 25.9. The summed E-state index contributed by atoms with van der Waals surface area (Å²) in [6, 6.07) is 11.5. The summed E-state index contributed by atoms with van der Waals surface area (Å²) >= 11 is 0. The smallest absolute Gasteiger partial charge is 0.159 e. The van der Waals surface area contributed by atoms with Gasteiger partial charge in [0, 0.05) is 13.6 Å². The number of halogens is 2. The fourth-order valence-electron chi connectivity index (χ4n) is 1.95. The Morgan fingerprint density at radius 3 is 2.47 bits per heavy atom. The molecule has 2 aromatic carbocycles. The summed E-state index contributed by atoms with van der Waals surface area (Å²) in [5.74, 6) is -1.62. The van der Waals surface area contributed by atoms with E-state index in [1.54, 1.807) is 6.07 Å². The topological polar surface area (TPSA) is 29.3 Å². The fourth-order valence-corrected chi connectivity index (χ4v) is 1.95. The Hall–Kier alpha value is -2.10. The van der Waals surface area contributed by atoms with E-state index >= 15 is 0 Å². The number of benzene rings is 2. The van der Waals surface area contributed by atoms with E-state index in [-0.39, 0.29) is 0 Å². The van der Waals surface area contributed by atoms with E-state index in [2.05, 4.69) is 0 Å². The number of rotatable bonds is 4. The molecule has 0 aromatic heterocycles. The molecule has 0 saturated carbocycles. The van der Waals surface area contributed by atoms with Gasteiger partial charge in [-0.1, -0.05) is 18.2 Å². The Morgan fingerprint density at radius 2 is 1.79 bits per heavy atom. The molecule has 0 unspecified atom stereocenters. The zero-order chi connectivity index (χ0) is 13.8. The van der Waals surface area contributed by atoms with Gasteiger partial charge in [0.1, 0.15) is 0 Å². The Labute approximate surface area is 111 Å². The molecule has 2 aromatic rings. The maximum atomic E-state index is 13.1. The lowest BCUT2D eigenvalue weighted by molar-refractivity contribution is 0.507. The average Bonchev–Trinajstić information content (AvgIpc) is 2.40. The van der Waals surface area contributed by atoms with Crippen molar-refractivity contribution in [1.29, 1.82) is 0 Å². The monoisotopic (exact) mass is 262 g/mol. The minimum atomic E-state index is -0.815. The quantitative estimate of drug-likeness (QED) is 0.857. The van der Waals surface area contributed by atoms with Crippen LogP contribution >= 0.6 is 0 Å². The van der Waals surface area contributed by atoms with Crippen LogP contribution in [0.15, 0.2) is 42.5 Å². The largest absolute Gasteiger partial charge is 0.397 e.